The summed E-state index contributed by atoms with van der Waals surface area (Å²) < 4.78 is 49.9. The summed E-state index contributed by atoms with van der Waals surface area (Å²) in [6.45, 7) is 0. The Morgan fingerprint density at radius 2 is 1.87 bits per heavy atom. The van der Waals surface area contributed by atoms with E-state index in [2.05, 4.69) is 0 Å². The SMILES string of the molecule is O=CC=Cc1cccc(C(F)(F)F)c1F. The van der Waals surface area contributed by atoms with Gasteiger partial charge in [-0.3, -0.25) is 4.79 Å². The summed E-state index contributed by atoms with van der Waals surface area (Å²) in [5.74, 6) is -1.37. The molecule has 0 aromatic heterocycles. The lowest BCUT2D eigenvalue weighted by Gasteiger charge is -2.08. The summed E-state index contributed by atoms with van der Waals surface area (Å²) >= 11 is 0. The largest absolute Gasteiger partial charge is 0.419 e. The number of halogens is 4. The zero-order valence-corrected chi connectivity index (χ0v) is 7.38. The zero-order chi connectivity index (χ0) is 11.5. The number of carbonyl (C=O) groups is 1. The first-order valence-electron chi connectivity index (χ1n) is 3.94. The van der Waals surface area contributed by atoms with Crippen LogP contribution in [0, 0.1) is 5.82 Å². The van der Waals surface area contributed by atoms with E-state index in [9.17, 15) is 22.4 Å². The summed E-state index contributed by atoms with van der Waals surface area (Å²) in [4.78, 5) is 9.94. The maximum Gasteiger partial charge on any atom is 0.419 e. The van der Waals surface area contributed by atoms with Crippen LogP contribution in [0.3, 0.4) is 0 Å². The second-order valence-corrected chi connectivity index (χ2v) is 2.70. The van der Waals surface area contributed by atoms with Crippen LogP contribution in [0.4, 0.5) is 17.6 Å². The standard InChI is InChI=1S/C10H6F4O/c11-9-7(4-2-6-15)3-1-5-8(9)10(12,13)14/h1-6H. The highest BCUT2D eigenvalue weighted by Gasteiger charge is 2.34. The van der Waals surface area contributed by atoms with Crippen molar-refractivity contribution >= 4 is 12.4 Å². The van der Waals surface area contributed by atoms with Crippen molar-refractivity contribution in [1.29, 1.82) is 0 Å². The van der Waals surface area contributed by atoms with E-state index in [0.29, 0.717) is 12.4 Å². The quantitative estimate of drug-likeness (QED) is 0.423. The molecule has 0 atom stereocenters. The fraction of sp³-hybridized carbons (Fsp3) is 0.100. The first kappa shape index (κ1) is 11.4. The van der Waals surface area contributed by atoms with Crippen LogP contribution in [0.25, 0.3) is 6.08 Å². The van der Waals surface area contributed by atoms with Crippen molar-refractivity contribution in [2.24, 2.45) is 0 Å². The monoisotopic (exact) mass is 218 g/mol. The van der Waals surface area contributed by atoms with E-state index in [-0.39, 0.29) is 5.56 Å². The molecular formula is C10H6F4O. The van der Waals surface area contributed by atoms with Gasteiger partial charge in [0.2, 0.25) is 0 Å². The van der Waals surface area contributed by atoms with Crippen molar-refractivity contribution in [2.45, 2.75) is 6.18 Å². The minimum atomic E-state index is -4.73. The number of hydrogen-bond donors (Lipinski definition) is 0. The third-order valence-electron chi connectivity index (χ3n) is 1.69. The first-order chi connectivity index (χ1) is 6.96. The molecule has 1 nitrogen and oxygen atoms in total. The molecule has 0 aliphatic heterocycles. The molecule has 0 bridgehead atoms. The molecule has 0 unspecified atom stereocenters. The van der Waals surface area contributed by atoms with Crippen molar-refractivity contribution in [2.75, 3.05) is 0 Å². The molecule has 1 aromatic rings. The summed E-state index contributed by atoms with van der Waals surface area (Å²) in [7, 11) is 0. The molecule has 5 heteroatoms. The Labute approximate surface area is 83.0 Å². The van der Waals surface area contributed by atoms with E-state index in [4.69, 9.17) is 0 Å². The maximum atomic E-state index is 13.2. The predicted molar refractivity (Wildman–Crippen MR) is 46.5 cm³/mol. The van der Waals surface area contributed by atoms with Gasteiger partial charge in [0.05, 0.1) is 5.56 Å². The van der Waals surface area contributed by atoms with Crippen LogP contribution >= 0.6 is 0 Å². The number of benzene rings is 1. The fourth-order valence-electron chi connectivity index (χ4n) is 1.04. The van der Waals surface area contributed by atoms with E-state index in [1.165, 1.54) is 0 Å². The van der Waals surface area contributed by atoms with Crippen molar-refractivity contribution in [1.82, 2.24) is 0 Å². The third kappa shape index (κ3) is 2.65. The van der Waals surface area contributed by atoms with Crippen molar-refractivity contribution < 1.29 is 22.4 Å². The smallest absolute Gasteiger partial charge is 0.299 e. The zero-order valence-electron chi connectivity index (χ0n) is 7.38. The van der Waals surface area contributed by atoms with Crippen molar-refractivity contribution in [3.05, 3.63) is 41.2 Å². The Kier molecular flexibility index (Phi) is 3.24. The van der Waals surface area contributed by atoms with Crippen LogP contribution in [-0.4, -0.2) is 6.29 Å². The average Bonchev–Trinajstić information content (AvgIpc) is 2.14. The summed E-state index contributed by atoms with van der Waals surface area (Å²) in [6, 6.07) is 2.88. The fourth-order valence-corrected chi connectivity index (χ4v) is 1.04. The average molecular weight is 218 g/mol. The van der Waals surface area contributed by atoms with Gasteiger partial charge in [0, 0.05) is 5.56 Å². The van der Waals surface area contributed by atoms with E-state index in [1.54, 1.807) is 0 Å². The minimum Gasteiger partial charge on any atom is -0.299 e. The Balaban J connectivity index is 3.23. The summed E-state index contributed by atoms with van der Waals surface area (Å²) in [6.07, 6.45) is -2.45. The molecule has 80 valence electrons. The minimum absolute atomic E-state index is 0.267. The van der Waals surface area contributed by atoms with Gasteiger partial charge in [-0.25, -0.2) is 4.39 Å². The lowest BCUT2D eigenvalue weighted by molar-refractivity contribution is -0.140. The Hall–Kier alpha value is -1.65. The third-order valence-corrected chi connectivity index (χ3v) is 1.69. The van der Waals surface area contributed by atoms with Crippen molar-refractivity contribution in [3.63, 3.8) is 0 Å². The highest BCUT2D eigenvalue weighted by molar-refractivity contribution is 5.74. The van der Waals surface area contributed by atoms with Crippen molar-refractivity contribution in [3.8, 4) is 0 Å². The van der Waals surface area contributed by atoms with Gasteiger partial charge in [-0.1, -0.05) is 12.1 Å². The molecule has 0 heterocycles. The number of alkyl halides is 3. The molecule has 0 saturated carbocycles. The van der Waals surface area contributed by atoms with E-state index < -0.39 is 17.6 Å². The van der Waals surface area contributed by atoms with Gasteiger partial charge >= 0.3 is 6.18 Å². The predicted octanol–water partition coefficient (Wildman–Crippen LogP) is 3.06. The van der Waals surface area contributed by atoms with E-state index in [1.807, 2.05) is 0 Å². The number of carbonyl (C=O) groups excluding carboxylic acids is 1. The Bertz CT molecular complexity index is 393. The molecule has 1 rings (SSSR count). The summed E-state index contributed by atoms with van der Waals surface area (Å²) in [5, 5.41) is 0. The first-order valence-corrected chi connectivity index (χ1v) is 3.94. The molecule has 0 aliphatic rings. The Morgan fingerprint density at radius 1 is 1.20 bits per heavy atom. The molecule has 0 fully saturated rings. The molecular weight excluding hydrogens is 212 g/mol. The molecule has 0 amide bonds. The number of allylic oxidation sites excluding steroid dienone is 1. The highest BCUT2D eigenvalue weighted by atomic mass is 19.4. The van der Waals surface area contributed by atoms with Crippen LogP contribution in [0.5, 0.6) is 0 Å². The van der Waals surface area contributed by atoms with Gasteiger partial charge in [0.1, 0.15) is 12.1 Å². The van der Waals surface area contributed by atoms with Crippen LogP contribution in [-0.2, 0) is 11.0 Å². The Morgan fingerprint density at radius 3 is 2.40 bits per heavy atom. The van der Waals surface area contributed by atoms with Gasteiger partial charge < -0.3 is 0 Å². The van der Waals surface area contributed by atoms with Gasteiger partial charge in [0.25, 0.3) is 0 Å². The van der Waals surface area contributed by atoms with E-state index in [0.717, 1.165) is 24.3 Å². The van der Waals surface area contributed by atoms with E-state index >= 15 is 0 Å². The highest BCUT2D eigenvalue weighted by Crippen LogP contribution is 2.32. The maximum absolute atomic E-state index is 13.2. The normalized spacial score (nSPS) is 12.0. The number of hydrogen-bond acceptors (Lipinski definition) is 1. The van der Waals surface area contributed by atoms with Crippen LogP contribution in [0.1, 0.15) is 11.1 Å². The molecule has 1 aromatic carbocycles. The summed E-state index contributed by atoms with van der Waals surface area (Å²) in [5.41, 5.74) is -1.60. The van der Waals surface area contributed by atoms with Crippen LogP contribution in [0.15, 0.2) is 24.3 Å². The molecule has 0 saturated heterocycles. The van der Waals surface area contributed by atoms with Gasteiger partial charge in [-0.05, 0) is 18.2 Å². The van der Waals surface area contributed by atoms with Gasteiger partial charge in [-0.15, -0.1) is 0 Å². The molecule has 15 heavy (non-hydrogen) atoms. The van der Waals surface area contributed by atoms with Crippen LogP contribution < -0.4 is 0 Å². The molecule has 0 aliphatic carbocycles. The second kappa shape index (κ2) is 4.25. The second-order valence-electron chi connectivity index (χ2n) is 2.70. The molecule has 0 N–H and O–H groups in total. The number of aldehydes is 1. The van der Waals surface area contributed by atoms with Gasteiger partial charge in [0.15, 0.2) is 0 Å². The lowest BCUT2D eigenvalue weighted by Crippen LogP contribution is -2.08. The van der Waals surface area contributed by atoms with Gasteiger partial charge in [-0.2, -0.15) is 13.2 Å². The molecule has 0 spiro atoms. The lowest BCUT2D eigenvalue weighted by atomic mass is 10.1. The number of rotatable bonds is 2. The van der Waals surface area contributed by atoms with Crippen LogP contribution in [0.2, 0.25) is 0 Å². The molecule has 0 radical (unpaired) electrons. The topological polar surface area (TPSA) is 17.1 Å².